The zero-order chi connectivity index (χ0) is 16.9. The highest BCUT2D eigenvalue weighted by Crippen LogP contribution is 2.36. The van der Waals surface area contributed by atoms with Crippen LogP contribution in [0.3, 0.4) is 0 Å². The van der Waals surface area contributed by atoms with E-state index in [9.17, 15) is 9.90 Å². The molecular weight excluding hydrogens is 326 g/mol. The van der Waals surface area contributed by atoms with Crippen LogP contribution in [0.15, 0.2) is 47.4 Å². The number of rotatable bonds is 6. The number of ether oxygens (including phenoxy) is 2. The van der Waals surface area contributed by atoms with Crippen molar-refractivity contribution in [2.75, 3.05) is 19.5 Å². The Balaban J connectivity index is 1.81. The van der Waals surface area contributed by atoms with Crippen molar-refractivity contribution in [3.63, 3.8) is 0 Å². The monoisotopic (exact) mass is 345 g/mol. The van der Waals surface area contributed by atoms with Crippen LogP contribution in [0.1, 0.15) is 17.2 Å². The second-order valence-electron chi connectivity index (χ2n) is 5.37. The Morgan fingerprint density at radius 3 is 2.50 bits per heavy atom. The highest BCUT2D eigenvalue weighted by Gasteiger charge is 2.21. The number of thioether (sulfide) groups is 1. The number of fused-ring (bicyclic) bond motifs is 1. The molecule has 0 radical (unpaired) electrons. The standard InChI is InChI=1S/C18H19NO4S/c1-24-16-10-15-14(22-7-8-23-15)9-13(16)11-19-17(18(20)21)12-5-3-2-4-6-12/h2-6,9-10,17,19H,7-8,11H2,1H3,(H,20,21)/t17-/m1/s1. The van der Waals surface area contributed by atoms with Crippen molar-refractivity contribution in [3.05, 3.63) is 53.6 Å². The lowest BCUT2D eigenvalue weighted by atomic mass is 10.1. The van der Waals surface area contributed by atoms with Crippen molar-refractivity contribution in [3.8, 4) is 11.5 Å². The average Bonchev–Trinajstić information content (AvgIpc) is 2.61. The molecule has 0 spiro atoms. The molecule has 2 aromatic rings. The Bertz CT molecular complexity index is 720. The highest BCUT2D eigenvalue weighted by molar-refractivity contribution is 7.98. The van der Waals surface area contributed by atoms with Gasteiger partial charge in [0.05, 0.1) is 0 Å². The predicted octanol–water partition coefficient (Wildman–Crippen LogP) is 3.10. The van der Waals surface area contributed by atoms with Gasteiger partial charge in [-0.2, -0.15) is 0 Å². The normalized spacial score (nSPS) is 14.2. The Kier molecular flexibility index (Phi) is 5.27. The van der Waals surface area contributed by atoms with Gasteiger partial charge in [0.15, 0.2) is 11.5 Å². The molecule has 0 amide bonds. The van der Waals surface area contributed by atoms with Gasteiger partial charge < -0.3 is 14.6 Å². The molecule has 0 aliphatic carbocycles. The molecule has 6 heteroatoms. The van der Waals surface area contributed by atoms with Gasteiger partial charge in [-0.3, -0.25) is 10.1 Å². The van der Waals surface area contributed by atoms with Crippen molar-refractivity contribution >= 4 is 17.7 Å². The third kappa shape index (κ3) is 3.66. The molecule has 126 valence electrons. The van der Waals surface area contributed by atoms with Crippen molar-refractivity contribution in [2.24, 2.45) is 0 Å². The van der Waals surface area contributed by atoms with E-state index >= 15 is 0 Å². The number of aliphatic carboxylic acids is 1. The van der Waals surface area contributed by atoms with E-state index in [-0.39, 0.29) is 0 Å². The SMILES string of the molecule is CSc1cc2c(cc1CN[C@@H](C(=O)O)c1ccccc1)OCCO2. The third-order valence-electron chi connectivity index (χ3n) is 3.82. The Morgan fingerprint density at radius 1 is 1.21 bits per heavy atom. The molecule has 24 heavy (non-hydrogen) atoms. The maximum atomic E-state index is 11.6. The van der Waals surface area contributed by atoms with Crippen LogP contribution < -0.4 is 14.8 Å². The van der Waals surface area contributed by atoms with Gasteiger partial charge in [0, 0.05) is 11.4 Å². The number of hydrogen-bond donors (Lipinski definition) is 2. The van der Waals surface area contributed by atoms with E-state index in [1.54, 1.807) is 11.8 Å². The van der Waals surface area contributed by atoms with Crippen LogP contribution >= 0.6 is 11.8 Å². The number of hydrogen-bond acceptors (Lipinski definition) is 5. The van der Waals surface area contributed by atoms with Gasteiger partial charge in [-0.05, 0) is 29.5 Å². The molecule has 1 aliphatic rings. The molecule has 0 aromatic heterocycles. The largest absolute Gasteiger partial charge is 0.486 e. The van der Waals surface area contributed by atoms with Crippen LogP contribution in [-0.2, 0) is 11.3 Å². The highest BCUT2D eigenvalue weighted by atomic mass is 32.2. The molecule has 3 rings (SSSR count). The fourth-order valence-corrected chi connectivity index (χ4v) is 3.26. The second-order valence-corrected chi connectivity index (χ2v) is 6.22. The van der Waals surface area contributed by atoms with Crippen molar-refractivity contribution in [1.29, 1.82) is 0 Å². The first-order chi connectivity index (χ1) is 11.7. The smallest absolute Gasteiger partial charge is 0.325 e. The number of nitrogens with one attached hydrogen (secondary N) is 1. The van der Waals surface area contributed by atoms with E-state index in [1.165, 1.54) is 0 Å². The molecule has 2 aromatic carbocycles. The lowest BCUT2D eigenvalue weighted by molar-refractivity contribution is -0.139. The van der Waals surface area contributed by atoms with Gasteiger partial charge >= 0.3 is 5.97 Å². The minimum absolute atomic E-state index is 0.429. The van der Waals surface area contributed by atoms with Gasteiger partial charge in [0.25, 0.3) is 0 Å². The average molecular weight is 345 g/mol. The molecule has 5 nitrogen and oxygen atoms in total. The Labute approximate surface area is 145 Å². The molecule has 0 bridgehead atoms. The molecule has 1 atom stereocenters. The number of carboxylic acids is 1. The summed E-state index contributed by atoms with van der Waals surface area (Å²) in [6.45, 7) is 1.51. The number of carboxylic acid groups (broad SMARTS) is 1. The fraction of sp³-hybridized carbons (Fsp3) is 0.278. The van der Waals surface area contributed by atoms with Crippen molar-refractivity contribution < 1.29 is 19.4 Å². The Hall–Kier alpha value is -2.18. The van der Waals surface area contributed by atoms with Gasteiger partial charge in [-0.15, -0.1) is 11.8 Å². The van der Waals surface area contributed by atoms with E-state index in [0.717, 1.165) is 21.8 Å². The maximum absolute atomic E-state index is 11.6. The van der Waals surface area contributed by atoms with Crippen LogP contribution in [0.2, 0.25) is 0 Å². The van der Waals surface area contributed by atoms with Crippen LogP contribution in [0.4, 0.5) is 0 Å². The zero-order valence-corrected chi connectivity index (χ0v) is 14.1. The zero-order valence-electron chi connectivity index (χ0n) is 13.3. The number of benzene rings is 2. The molecule has 0 saturated carbocycles. The third-order valence-corrected chi connectivity index (χ3v) is 4.64. The van der Waals surface area contributed by atoms with Crippen LogP contribution in [0.5, 0.6) is 11.5 Å². The molecule has 0 fully saturated rings. The van der Waals surface area contributed by atoms with E-state index < -0.39 is 12.0 Å². The van der Waals surface area contributed by atoms with E-state index in [0.29, 0.717) is 25.5 Å². The van der Waals surface area contributed by atoms with Crippen molar-refractivity contribution in [2.45, 2.75) is 17.5 Å². The van der Waals surface area contributed by atoms with Crippen LogP contribution in [0.25, 0.3) is 0 Å². The second kappa shape index (κ2) is 7.59. The molecule has 0 unspecified atom stereocenters. The molecule has 1 heterocycles. The summed E-state index contributed by atoms with van der Waals surface area (Å²) in [7, 11) is 0. The summed E-state index contributed by atoms with van der Waals surface area (Å²) < 4.78 is 11.2. The Morgan fingerprint density at radius 2 is 1.88 bits per heavy atom. The van der Waals surface area contributed by atoms with E-state index in [1.807, 2.05) is 48.7 Å². The van der Waals surface area contributed by atoms with Crippen LogP contribution in [0, 0.1) is 0 Å². The van der Waals surface area contributed by atoms with Gasteiger partial charge in [-0.1, -0.05) is 30.3 Å². The summed E-state index contributed by atoms with van der Waals surface area (Å²) in [4.78, 5) is 12.6. The predicted molar refractivity (Wildman–Crippen MR) is 92.9 cm³/mol. The summed E-state index contributed by atoms with van der Waals surface area (Å²) >= 11 is 1.60. The molecule has 0 saturated heterocycles. The van der Waals surface area contributed by atoms with Crippen molar-refractivity contribution in [1.82, 2.24) is 5.32 Å². The summed E-state index contributed by atoms with van der Waals surface area (Å²) in [5.41, 5.74) is 1.72. The molecular formula is C18H19NO4S. The van der Waals surface area contributed by atoms with Gasteiger partial charge in [0.1, 0.15) is 19.3 Å². The van der Waals surface area contributed by atoms with Gasteiger partial charge in [-0.25, -0.2) is 0 Å². The summed E-state index contributed by atoms with van der Waals surface area (Å²) in [5.74, 6) is 0.555. The lowest BCUT2D eigenvalue weighted by Gasteiger charge is -2.22. The minimum atomic E-state index is -0.899. The molecule has 2 N–H and O–H groups in total. The first-order valence-corrected chi connectivity index (χ1v) is 8.89. The topological polar surface area (TPSA) is 67.8 Å². The first kappa shape index (κ1) is 16.7. The van der Waals surface area contributed by atoms with E-state index in [2.05, 4.69) is 5.32 Å². The minimum Gasteiger partial charge on any atom is -0.486 e. The lowest BCUT2D eigenvalue weighted by Crippen LogP contribution is -2.28. The van der Waals surface area contributed by atoms with Crippen LogP contribution in [-0.4, -0.2) is 30.5 Å². The quantitative estimate of drug-likeness (QED) is 0.784. The fourth-order valence-electron chi connectivity index (χ4n) is 2.65. The molecule has 1 aliphatic heterocycles. The van der Waals surface area contributed by atoms with Gasteiger partial charge in [0.2, 0.25) is 0 Å². The first-order valence-electron chi connectivity index (χ1n) is 7.66. The summed E-state index contributed by atoms with van der Waals surface area (Å²) in [6, 6.07) is 12.3. The summed E-state index contributed by atoms with van der Waals surface area (Å²) in [5, 5.41) is 12.6. The summed E-state index contributed by atoms with van der Waals surface area (Å²) in [6.07, 6.45) is 1.99. The number of carbonyl (C=O) groups is 1. The van der Waals surface area contributed by atoms with E-state index in [4.69, 9.17) is 9.47 Å². The maximum Gasteiger partial charge on any atom is 0.325 e.